The molecule has 0 radical (unpaired) electrons. The Hall–Kier alpha value is -3.58. The van der Waals surface area contributed by atoms with Gasteiger partial charge in [-0.1, -0.05) is 42.8 Å². The van der Waals surface area contributed by atoms with Gasteiger partial charge in [0.15, 0.2) is 5.76 Å². The molecule has 1 atom stereocenters. The molecule has 7 heteroatoms. The maximum Gasteiger partial charge on any atom is 0.287 e. The number of furan rings is 1. The quantitative estimate of drug-likeness (QED) is 0.440. The Morgan fingerprint density at radius 3 is 2.68 bits per heavy atom. The molecule has 3 aromatic rings. The van der Waals surface area contributed by atoms with Gasteiger partial charge < -0.3 is 24.3 Å². The standard InChI is InChI=1S/C31H37N3O4/c1-3-29(35)34-17-13-23-9-10-25(20-27(23)30(34)24-8-6-7-22(2)19-24)37-21-26-11-12-28(38-26)31(36)32-14-18-33-15-4-5-16-33/h6-12,19-20,30H,3-5,13-18,21H2,1-2H3,(H,32,36)/t30-/m0/s1. The maximum absolute atomic E-state index is 12.9. The number of amides is 2. The van der Waals surface area contributed by atoms with Crippen LogP contribution >= 0.6 is 0 Å². The number of carbonyl (C=O) groups is 2. The zero-order valence-electron chi connectivity index (χ0n) is 22.4. The van der Waals surface area contributed by atoms with Crippen molar-refractivity contribution >= 4 is 11.8 Å². The zero-order chi connectivity index (χ0) is 26.5. The van der Waals surface area contributed by atoms with Gasteiger partial charge in [0.25, 0.3) is 5.91 Å². The SMILES string of the molecule is CCC(=O)N1CCc2ccc(OCc3ccc(C(=O)NCCN4CCCC4)o3)cc2[C@@H]1c1cccc(C)c1. The van der Waals surface area contributed by atoms with Gasteiger partial charge in [0, 0.05) is 26.1 Å². The van der Waals surface area contributed by atoms with Gasteiger partial charge in [0.05, 0.1) is 6.04 Å². The number of hydrogen-bond donors (Lipinski definition) is 1. The predicted molar refractivity (Wildman–Crippen MR) is 146 cm³/mol. The van der Waals surface area contributed by atoms with E-state index in [4.69, 9.17) is 9.15 Å². The van der Waals surface area contributed by atoms with Crippen molar-refractivity contribution < 1.29 is 18.7 Å². The summed E-state index contributed by atoms with van der Waals surface area (Å²) in [7, 11) is 0. The molecule has 2 aliphatic heterocycles. The summed E-state index contributed by atoms with van der Waals surface area (Å²) in [4.78, 5) is 29.7. The largest absolute Gasteiger partial charge is 0.486 e. The lowest BCUT2D eigenvalue weighted by Crippen LogP contribution is -2.40. The van der Waals surface area contributed by atoms with Gasteiger partial charge in [-0.15, -0.1) is 0 Å². The summed E-state index contributed by atoms with van der Waals surface area (Å²) >= 11 is 0. The second-order valence-corrected chi connectivity index (χ2v) is 10.2. The molecule has 1 aromatic heterocycles. The Balaban J connectivity index is 1.26. The number of hydrogen-bond acceptors (Lipinski definition) is 5. The lowest BCUT2D eigenvalue weighted by atomic mass is 9.87. The summed E-state index contributed by atoms with van der Waals surface area (Å²) in [5.41, 5.74) is 4.60. The highest BCUT2D eigenvalue weighted by Crippen LogP contribution is 2.38. The molecule has 1 N–H and O–H groups in total. The summed E-state index contributed by atoms with van der Waals surface area (Å²) in [6, 6.07) is 17.8. The van der Waals surface area contributed by atoms with Crippen LogP contribution in [0.4, 0.5) is 0 Å². The minimum Gasteiger partial charge on any atom is -0.486 e. The third-order valence-corrected chi connectivity index (χ3v) is 7.51. The molecule has 200 valence electrons. The van der Waals surface area contributed by atoms with E-state index >= 15 is 0 Å². The Labute approximate surface area is 224 Å². The second-order valence-electron chi connectivity index (χ2n) is 10.2. The van der Waals surface area contributed by atoms with Crippen LogP contribution in [0.1, 0.15) is 70.8 Å². The molecule has 0 spiro atoms. The van der Waals surface area contributed by atoms with Gasteiger partial charge in [-0.3, -0.25) is 9.59 Å². The van der Waals surface area contributed by atoms with Gasteiger partial charge in [0.2, 0.25) is 5.91 Å². The molecule has 3 heterocycles. The fraction of sp³-hybridized carbons (Fsp3) is 0.419. The Morgan fingerprint density at radius 2 is 1.89 bits per heavy atom. The highest BCUT2D eigenvalue weighted by molar-refractivity contribution is 5.91. The van der Waals surface area contributed by atoms with E-state index in [9.17, 15) is 9.59 Å². The maximum atomic E-state index is 12.9. The van der Waals surface area contributed by atoms with Gasteiger partial charge in [-0.25, -0.2) is 0 Å². The number of fused-ring (bicyclic) bond motifs is 1. The number of ether oxygens (including phenoxy) is 1. The number of nitrogens with one attached hydrogen (secondary N) is 1. The molecule has 7 nitrogen and oxygen atoms in total. The molecule has 0 aliphatic carbocycles. The van der Waals surface area contributed by atoms with Gasteiger partial charge >= 0.3 is 0 Å². The molecule has 1 saturated heterocycles. The van der Waals surface area contributed by atoms with Gasteiger partial charge in [0.1, 0.15) is 18.1 Å². The Kier molecular flexibility index (Phi) is 8.13. The topological polar surface area (TPSA) is 75.0 Å². The van der Waals surface area contributed by atoms with Crippen molar-refractivity contribution in [2.75, 3.05) is 32.7 Å². The first-order chi connectivity index (χ1) is 18.5. The fourth-order valence-electron chi connectivity index (χ4n) is 5.51. The molecular formula is C31H37N3O4. The van der Waals surface area contributed by atoms with Crippen molar-refractivity contribution in [3.8, 4) is 5.75 Å². The first-order valence-electron chi connectivity index (χ1n) is 13.7. The molecule has 0 bridgehead atoms. The van der Waals surface area contributed by atoms with Crippen molar-refractivity contribution in [3.63, 3.8) is 0 Å². The zero-order valence-corrected chi connectivity index (χ0v) is 22.4. The van der Waals surface area contributed by atoms with E-state index in [-0.39, 0.29) is 24.5 Å². The highest BCUT2D eigenvalue weighted by Gasteiger charge is 2.31. The molecule has 1 fully saturated rings. The molecular weight excluding hydrogens is 478 g/mol. The highest BCUT2D eigenvalue weighted by atomic mass is 16.5. The van der Waals surface area contributed by atoms with Crippen molar-refractivity contribution in [1.29, 1.82) is 0 Å². The lowest BCUT2D eigenvalue weighted by molar-refractivity contribution is -0.132. The van der Waals surface area contributed by atoms with E-state index in [1.807, 2.05) is 30.0 Å². The average Bonchev–Trinajstić information content (AvgIpc) is 3.63. The van der Waals surface area contributed by atoms with Crippen molar-refractivity contribution in [2.45, 2.75) is 52.2 Å². The van der Waals surface area contributed by atoms with E-state index in [0.717, 1.165) is 37.2 Å². The van der Waals surface area contributed by atoms with Crippen molar-refractivity contribution in [2.24, 2.45) is 0 Å². The van der Waals surface area contributed by atoms with Crippen LogP contribution < -0.4 is 10.1 Å². The number of benzene rings is 2. The average molecular weight is 516 g/mol. The van der Waals surface area contributed by atoms with Crippen LogP contribution in [0.15, 0.2) is 59.0 Å². The van der Waals surface area contributed by atoms with Gasteiger partial charge in [-0.05, 0) is 80.2 Å². The summed E-state index contributed by atoms with van der Waals surface area (Å²) < 4.78 is 11.9. The summed E-state index contributed by atoms with van der Waals surface area (Å²) in [5, 5.41) is 2.94. The van der Waals surface area contributed by atoms with Crippen LogP contribution in [0.3, 0.4) is 0 Å². The smallest absolute Gasteiger partial charge is 0.287 e. The Morgan fingerprint density at radius 1 is 1.05 bits per heavy atom. The van der Waals surface area contributed by atoms with Crippen LogP contribution in [0, 0.1) is 6.92 Å². The monoisotopic (exact) mass is 515 g/mol. The van der Waals surface area contributed by atoms with Crippen LogP contribution in [0.25, 0.3) is 0 Å². The molecule has 2 aromatic carbocycles. The number of rotatable bonds is 9. The minimum absolute atomic E-state index is 0.144. The van der Waals surface area contributed by atoms with E-state index in [0.29, 0.717) is 36.8 Å². The summed E-state index contributed by atoms with van der Waals surface area (Å²) in [6.45, 7) is 8.60. The number of carbonyl (C=O) groups excluding carboxylic acids is 2. The Bertz CT molecular complexity index is 1280. The third kappa shape index (κ3) is 5.94. The molecule has 2 aliphatic rings. The van der Waals surface area contributed by atoms with E-state index in [2.05, 4.69) is 41.4 Å². The second kappa shape index (κ2) is 11.9. The first kappa shape index (κ1) is 26.0. The molecule has 2 amide bonds. The minimum atomic E-state index is -0.203. The first-order valence-corrected chi connectivity index (χ1v) is 13.7. The van der Waals surface area contributed by atoms with Crippen LogP contribution in [-0.4, -0.2) is 54.3 Å². The van der Waals surface area contributed by atoms with E-state index in [1.165, 1.54) is 24.0 Å². The fourth-order valence-corrected chi connectivity index (χ4v) is 5.51. The number of aryl methyl sites for hydroxylation is 1. The lowest BCUT2D eigenvalue weighted by Gasteiger charge is -2.38. The number of nitrogens with zero attached hydrogens (tertiary/aromatic N) is 2. The van der Waals surface area contributed by atoms with Crippen LogP contribution in [0.5, 0.6) is 5.75 Å². The molecule has 5 rings (SSSR count). The third-order valence-electron chi connectivity index (χ3n) is 7.51. The molecule has 0 unspecified atom stereocenters. The summed E-state index contributed by atoms with van der Waals surface area (Å²) in [6.07, 6.45) is 3.77. The number of likely N-dealkylation sites (tertiary alicyclic amines) is 1. The van der Waals surface area contributed by atoms with E-state index in [1.54, 1.807) is 12.1 Å². The van der Waals surface area contributed by atoms with Crippen molar-refractivity contribution in [1.82, 2.24) is 15.1 Å². The van der Waals surface area contributed by atoms with Gasteiger partial charge in [-0.2, -0.15) is 0 Å². The molecule has 38 heavy (non-hydrogen) atoms. The van der Waals surface area contributed by atoms with Crippen molar-refractivity contribution in [3.05, 3.63) is 88.4 Å². The molecule has 0 saturated carbocycles. The van der Waals surface area contributed by atoms with E-state index < -0.39 is 0 Å². The summed E-state index contributed by atoms with van der Waals surface area (Å²) in [5.74, 6) is 1.54. The predicted octanol–water partition coefficient (Wildman–Crippen LogP) is 4.88. The van der Waals surface area contributed by atoms with Crippen LogP contribution in [0.2, 0.25) is 0 Å². The normalized spacial score (nSPS) is 17.3. The van der Waals surface area contributed by atoms with Crippen LogP contribution in [-0.2, 0) is 17.8 Å².